The van der Waals surface area contributed by atoms with Crippen molar-refractivity contribution in [3.05, 3.63) is 53.2 Å². The predicted molar refractivity (Wildman–Crippen MR) is 111 cm³/mol. The van der Waals surface area contributed by atoms with E-state index in [4.69, 9.17) is 23.7 Å². The van der Waals surface area contributed by atoms with Crippen molar-refractivity contribution in [2.75, 3.05) is 35.0 Å². The summed E-state index contributed by atoms with van der Waals surface area (Å²) in [5.41, 5.74) is 0.877. The molecule has 1 amide bonds. The van der Waals surface area contributed by atoms with Crippen LogP contribution >= 0.6 is 0 Å². The summed E-state index contributed by atoms with van der Waals surface area (Å²) < 4.78 is 26.0. The van der Waals surface area contributed by atoms with Gasteiger partial charge >= 0.3 is 5.97 Å². The highest BCUT2D eigenvalue weighted by molar-refractivity contribution is 6.03. The molecule has 2 rings (SSSR count). The summed E-state index contributed by atoms with van der Waals surface area (Å²) in [6.45, 7) is 1.84. The molecule has 160 valence electrons. The Kier molecular flexibility index (Phi) is 8.10. The second-order valence-electron chi connectivity index (χ2n) is 5.92. The zero-order chi connectivity index (χ0) is 22.1. The van der Waals surface area contributed by atoms with Crippen LogP contribution in [0.5, 0.6) is 23.0 Å². The highest BCUT2D eigenvalue weighted by atomic mass is 16.5. The van der Waals surface area contributed by atoms with Gasteiger partial charge in [0.15, 0.2) is 23.0 Å². The molecule has 0 unspecified atom stereocenters. The molecule has 0 aliphatic heterocycles. The molecule has 30 heavy (non-hydrogen) atoms. The molecule has 0 aliphatic rings. The van der Waals surface area contributed by atoms with Crippen LogP contribution in [0.15, 0.2) is 42.1 Å². The molecule has 0 atom stereocenters. The number of nitrogens with one attached hydrogen (secondary N) is 1. The molecule has 0 fully saturated rings. The second-order valence-corrected chi connectivity index (χ2v) is 5.92. The number of hydrogen-bond acceptors (Lipinski definition) is 7. The number of carbonyl (C=O) groups excluding carboxylic acids is 2. The van der Waals surface area contributed by atoms with Crippen molar-refractivity contribution in [3.63, 3.8) is 0 Å². The number of rotatable bonds is 9. The molecule has 0 saturated carbocycles. The Morgan fingerprint density at radius 3 is 1.97 bits per heavy atom. The number of methoxy groups -OCH3 is 4. The van der Waals surface area contributed by atoms with Crippen LogP contribution in [-0.4, -0.2) is 46.9 Å². The number of amides is 1. The van der Waals surface area contributed by atoms with E-state index in [-0.39, 0.29) is 17.9 Å². The third-order valence-corrected chi connectivity index (χ3v) is 4.11. The predicted octanol–water partition coefficient (Wildman–Crippen LogP) is 3.06. The van der Waals surface area contributed by atoms with Crippen LogP contribution in [0.2, 0.25) is 0 Å². The van der Waals surface area contributed by atoms with Crippen molar-refractivity contribution in [2.45, 2.75) is 6.92 Å². The van der Waals surface area contributed by atoms with Crippen LogP contribution in [0.1, 0.15) is 22.8 Å². The van der Waals surface area contributed by atoms with Crippen LogP contribution in [0.25, 0.3) is 6.08 Å². The third-order valence-electron chi connectivity index (χ3n) is 4.11. The summed E-state index contributed by atoms with van der Waals surface area (Å²) in [6, 6.07) is 9.80. The molecule has 0 bridgehead atoms. The van der Waals surface area contributed by atoms with Gasteiger partial charge in [0.25, 0.3) is 5.91 Å². The lowest BCUT2D eigenvalue weighted by atomic mass is 10.1. The molecule has 0 aliphatic carbocycles. The van der Waals surface area contributed by atoms with Gasteiger partial charge in [0.2, 0.25) is 0 Å². The Bertz CT molecular complexity index is 937. The Hall–Kier alpha value is -3.68. The van der Waals surface area contributed by atoms with Gasteiger partial charge in [-0.1, -0.05) is 6.07 Å². The van der Waals surface area contributed by atoms with E-state index in [1.807, 2.05) is 0 Å². The molecule has 8 nitrogen and oxygen atoms in total. The van der Waals surface area contributed by atoms with Crippen LogP contribution in [-0.2, 0) is 9.53 Å². The summed E-state index contributed by atoms with van der Waals surface area (Å²) in [6.07, 6.45) is 1.50. The largest absolute Gasteiger partial charge is 0.493 e. The molecular formula is C22H25NO7. The quantitative estimate of drug-likeness (QED) is 0.497. The van der Waals surface area contributed by atoms with E-state index in [1.54, 1.807) is 37.3 Å². The van der Waals surface area contributed by atoms with Gasteiger partial charge in [-0.2, -0.15) is 0 Å². The van der Waals surface area contributed by atoms with Crippen molar-refractivity contribution in [3.8, 4) is 23.0 Å². The fourth-order valence-electron chi connectivity index (χ4n) is 2.64. The van der Waals surface area contributed by atoms with E-state index in [0.29, 0.717) is 28.6 Å². The molecule has 8 heteroatoms. The van der Waals surface area contributed by atoms with E-state index in [2.05, 4.69) is 5.32 Å². The number of benzene rings is 2. The lowest BCUT2D eigenvalue weighted by Gasteiger charge is -2.12. The van der Waals surface area contributed by atoms with Crippen LogP contribution in [0.4, 0.5) is 0 Å². The standard InChI is InChI=1S/C22H25NO7/c1-6-30-22(25)16(11-14-7-9-17(26-2)19(12-14)28-4)23-21(24)15-8-10-18(27-3)20(13-15)29-5/h7-13H,6H2,1-5H3,(H,23,24)/b16-11-. The van der Waals surface area contributed by atoms with Crippen molar-refractivity contribution in [1.82, 2.24) is 5.32 Å². The number of ether oxygens (including phenoxy) is 5. The molecule has 0 heterocycles. The zero-order valence-electron chi connectivity index (χ0n) is 17.6. The molecule has 0 saturated heterocycles. The average molecular weight is 415 g/mol. The van der Waals surface area contributed by atoms with Gasteiger partial charge in [0, 0.05) is 5.56 Å². The number of hydrogen-bond donors (Lipinski definition) is 1. The first-order valence-corrected chi connectivity index (χ1v) is 9.11. The fraction of sp³-hybridized carbons (Fsp3) is 0.273. The second kappa shape index (κ2) is 10.8. The van der Waals surface area contributed by atoms with Gasteiger partial charge in [-0.15, -0.1) is 0 Å². The van der Waals surface area contributed by atoms with Gasteiger partial charge in [0.05, 0.1) is 35.0 Å². The molecule has 2 aromatic rings. The van der Waals surface area contributed by atoms with E-state index in [1.165, 1.54) is 40.6 Å². The smallest absolute Gasteiger partial charge is 0.354 e. The minimum absolute atomic E-state index is 0.0242. The lowest BCUT2D eigenvalue weighted by Crippen LogP contribution is -2.28. The molecule has 1 N–H and O–H groups in total. The van der Waals surface area contributed by atoms with Crippen molar-refractivity contribution in [1.29, 1.82) is 0 Å². The Balaban J connectivity index is 2.37. The van der Waals surface area contributed by atoms with Crippen LogP contribution in [0.3, 0.4) is 0 Å². The first-order chi connectivity index (χ1) is 14.5. The molecule has 2 aromatic carbocycles. The Morgan fingerprint density at radius 2 is 1.40 bits per heavy atom. The summed E-state index contributed by atoms with van der Waals surface area (Å²) in [5.74, 6) is 0.742. The first kappa shape index (κ1) is 22.6. The van der Waals surface area contributed by atoms with Gasteiger partial charge in [-0.25, -0.2) is 4.79 Å². The average Bonchev–Trinajstić information content (AvgIpc) is 2.77. The maximum absolute atomic E-state index is 12.7. The first-order valence-electron chi connectivity index (χ1n) is 9.11. The maximum atomic E-state index is 12.7. The van der Waals surface area contributed by atoms with E-state index in [9.17, 15) is 9.59 Å². The van der Waals surface area contributed by atoms with Crippen molar-refractivity contribution in [2.24, 2.45) is 0 Å². The molecule has 0 radical (unpaired) electrons. The van der Waals surface area contributed by atoms with Gasteiger partial charge in [0.1, 0.15) is 5.70 Å². The highest BCUT2D eigenvalue weighted by Crippen LogP contribution is 2.29. The monoisotopic (exact) mass is 415 g/mol. The number of esters is 1. The summed E-state index contributed by atoms with van der Waals surface area (Å²) in [4.78, 5) is 25.2. The minimum atomic E-state index is -0.666. The van der Waals surface area contributed by atoms with E-state index < -0.39 is 11.9 Å². The van der Waals surface area contributed by atoms with Gasteiger partial charge < -0.3 is 29.0 Å². The van der Waals surface area contributed by atoms with E-state index in [0.717, 1.165) is 0 Å². The normalized spacial score (nSPS) is 10.8. The summed E-state index contributed by atoms with van der Waals surface area (Å²) in [7, 11) is 6.01. The summed E-state index contributed by atoms with van der Waals surface area (Å²) >= 11 is 0. The zero-order valence-corrected chi connectivity index (χ0v) is 17.6. The Labute approximate surface area is 175 Å². The third kappa shape index (κ3) is 5.44. The number of carbonyl (C=O) groups is 2. The van der Waals surface area contributed by atoms with E-state index >= 15 is 0 Å². The van der Waals surface area contributed by atoms with Gasteiger partial charge in [-0.05, 0) is 48.9 Å². The fourth-order valence-corrected chi connectivity index (χ4v) is 2.64. The molecule has 0 spiro atoms. The van der Waals surface area contributed by atoms with Crippen molar-refractivity contribution >= 4 is 18.0 Å². The van der Waals surface area contributed by atoms with Crippen molar-refractivity contribution < 1.29 is 33.3 Å². The SMILES string of the molecule is CCOC(=O)/C(=C/c1ccc(OC)c(OC)c1)NC(=O)c1ccc(OC)c(OC)c1. The summed E-state index contributed by atoms with van der Waals surface area (Å²) in [5, 5.41) is 2.60. The minimum Gasteiger partial charge on any atom is -0.493 e. The lowest BCUT2D eigenvalue weighted by molar-refractivity contribution is -0.138. The van der Waals surface area contributed by atoms with Gasteiger partial charge in [-0.3, -0.25) is 4.79 Å². The highest BCUT2D eigenvalue weighted by Gasteiger charge is 2.18. The molecule has 0 aromatic heterocycles. The topological polar surface area (TPSA) is 92.3 Å². The van der Waals surface area contributed by atoms with Crippen LogP contribution in [0, 0.1) is 0 Å². The molecular weight excluding hydrogens is 390 g/mol. The Morgan fingerprint density at radius 1 is 0.833 bits per heavy atom. The van der Waals surface area contributed by atoms with Crippen LogP contribution < -0.4 is 24.3 Å². The maximum Gasteiger partial charge on any atom is 0.354 e.